The minimum atomic E-state index is -1.71. The van der Waals surface area contributed by atoms with Gasteiger partial charge in [0.25, 0.3) is 5.97 Å². The fourth-order valence-electron chi connectivity index (χ4n) is 0.852. The molecule has 0 fully saturated rings. The van der Waals surface area contributed by atoms with Gasteiger partial charge in [0.05, 0.1) is 0 Å². The molecule has 0 aromatic carbocycles. The van der Waals surface area contributed by atoms with Gasteiger partial charge in [-0.15, -0.1) is 0 Å². The summed E-state index contributed by atoms with van der Waals surface area (Å²) in [4.78, 5) is 10.8. The summed E-state index contributed by atoms with van der Waals surface area (Å²) in [5.74, 6) is -1.16. The van der Waals surface area contributed by atoms with Crippen molar-refractivity contribution in [2.24, 2.45) is 0 Å². The van der Waals surface area contributed by atoms with Gasteiger partial charge in [-0.2, -0.15) is 0 Å². The van der Waals surface area contributed by atoms with E-state index in [0.29, 0.717) is 13.2 Å². The molecule has 0 aliphatic rings. The van der Waals surface area contributed by atoms with Crippen LogP contribution in [0, 0.1) is 0 Å². The van der Waals surface area contributed by atoms with Crippen molar-refractivity contribution in [3.05, 3.63) is 0 Å². The van der Waals surface area contributed by atoms with E-state index in [1.54, 1.807) is 6.92 Å². The zero-order valence-corrected chi connectivity index (χ0v) is 11.9. The molecule has 0 aromatic rings. The van der Waals surface area contributed by atoms with Crippen molar-refractivity contribution < 1.29 is 48.4 Å². The molecule has 0 aliphatic carbocycles. The zero-order chi connectivity index (χ0) is 9.61. The third kappa shape index (κ3) is 8.28. The van der Waals surface area contributed by atoms with Gasteiger partial charge in [-0.1, -0.05) is 8.38 Å². The normalized spacial score (nSPS) is 13.6. The van der Waals surface area contributed by atoms with Crippen LogP contribution in [0.4, 0.5) is 0 Å². The summed E-state index contributed by atoms with van der Waals surface area (Å²) >= 11 is 0. The van der Waals surface area contributed by atoms with Crippen LogP contribution in [0.5, 0.6) is 0 Å². The van der Waals surface area contributed by atoms with Gasteiger partial charge in [0.1, 0.15) is 0 Å². The third-order valence-corrected chi connectivity index (χ3v) is 1.70. The number of hydrogen-bond donors (Lipinski definition) is 0. The summed E-state index contributed by atoms with van der Waals surface area (Å²) in [6.07, 6.45) is 0. The standard InChI is InChI=1S/C7H16O4P.Na/c1-5-9-7(3,10-6-2)11-12(4)8;/h5-6H2,1-4H3;/q-1;+1. The molecule has 1 unspecified atom stereocenters. The van der Waals surface area contributed by atoms with E-state index in [9.17, 15) is 4.89 Å². The minimum Gasteiger partial charge on any atom is -0.808 e. The van der Waals surface area contributed by atoms with E-state index in [-0.39, 0.29) is 29.6 Å². The van der Waals surface area contributed by atoms with Crippen LogP contribution < -0.4 is 34.5 Å². The molecule has 0 amide bonds. The zero-order valence-electron chi connectivity index (χ0n) is 8.99. The molecular weight excluding hydrogens is 202 g/mol. The maximum Gasteiger partial charge on any atom is 1.00 e. The number of hydrogen-bond acceptors (Lipinski definition) is 4. The molecule has 0 N–H and O–H groups in total. The van der Waals surface area contributed by atoms with Crippen molar-refractivity contribution in [3.63, 3.8) is 0 Å². The third-order valence-electron chi connectivity index (χ3n) is 1.11. The molecule has 0 bridgehead atoms. The van der Waals surface area contributed by atoms with Crippen LogP contribution in [-0.2, 0) is 14.0 Å². The van der Waals surface area contributed by atoms with E-state index in [0.717, 1.165) is 0 Å². The predicted molar refractivity (Wildman–Crippen MR) is 45.6 cm³/mol. The molecule has 0 spiro atoms. The first-order valence-corrected chi connectivity index (χ1v) is 5.54. The Bertz CT molecular complexity index is 117. The van der Waals surface area contributed by atoms with Crippen molar-refractivity contribution in [2.75, 3.05) is 19.9 Å². The van der Waals surface area contributed by atoms with Gasteiger partial charge in [-0.05, 0) is 20.5 Å². The molecule has 6 heteroatoms. The van der Waals surface area contributed by atoms with E-state index in [1.807, 2.05) is 13.8 Å². The first kappa shape index (κ1) is 16.7. The Labute approximate surface area is 103 Å². The fraction of sp³-hybridized carbons (Fsp3) is 1.00. The smallest absolute Gasteiger partial charge is 0.808 e. The van der Waals surface area contributed by atoms with Gasteiger partial charge < -0.3 is 18.9 Å². The van der Waals surface area contributed by atoms with Crippen molar-refractivity contribution in [1.29, 1.82) is 0 Å². The predicted octanol–water partition coefficient (Wildman–Crippen LogP) is -1.94. The van der Waals surface area contributed by atoms with E-state index in [4.69, 9.17) is 14.0 Å². The molecule has 0 saturated carbocycles. The Morgan fingerprint density at radius 2 is 1.62 bits per heavy atom. The molecule has 13 heavy (non-hydrogen) atoms. The van der Waals surface area contributed by atoms with Crippen molar-refractivity contribution in [3.8, 4) is 0 Å². The first-order chi connectivity index (χ1) is 5.54. The van der Waals surface area contributed by atoms with E-state index in [2.05, 4.69) is 0 Å². The number of rotatable bonds is 6. The Morgan fingerprint density at radius 3 is 1.85 bits per heavy atom. The van der Waals surface area contributed by atoms with Gasteiger partial charge in [-0.25, -0.2) is 0 Å². The molecule has 4 nitrogen and oxygen atoms in total. The van der Waals surface area contributed by atoms with Crippen molar-refractivity contribution >= 4 is 8.38 Å². The summed E-state index contributed by atoms with van der Waals surface area (Å²) < 4.78 is 15.3. The van der Waals surface area contributed by atoms with Gasteiger partial charge in [0, 0.05) is 20.1 Å². The Balaban J connectivity index is 0. The van der Waals surface area contributed by atoms with Crippen LogP contribution in [0.15, 0.2) is 0 Å². The topological polar surface area (TPSA) is 50.8 Å². The van der Waals surface area contributed by atoms with Gasteiger partial charge >= 0.3 is 29.6 Å². The second kappa shape index (κ2) is 8.57. The minimum absolute atomic E-state index is 0. The molecule has 0 aromatic heterocycles. The number of ether oxygens (including phenoxy) is 2. The van der Waals surface area contributed by atoms with E-state index < -0.39 is 14.3 Å². The van der Waals surface area contributed by atoms with E-state index in [1.165, 1.54) is 6.66 Å². The van der Waals surface area contributed by atoms with Crippen molar-refractivity contribution in [1.82, 2.24) is 0 Å². The van der Waals surface area contributed by atoms with Crippen LogP contribution >= 0.6 is 8.38 Å². The molecule has 0 rings (SSSR count). The van der Waals surface area contributed by atoms with E-state index >= 15 is 0 Å². The quantitative estimate of drug-likeness (QED) is 0.295. The summed E-state index contributed by atoms with van der Waals surface area (Å²) in [5.41, 5.74) is 0. The maximum atomic E-state index is 10.8. The van der Waals surface area contributed by atoms with Crippen LogP contribution in [0.25, 0.3) is 0 Å². The van der Waals surface area contributed by atoms with Crippen LogP contribution in [0.2, 0.25) is 0 Å². The average molecular weight is 218 g/mol. The van der Waals surface area contributed by atoms with Crippen LogP contribution in [0.1, 0.15) is 20.8 Å². The molecule has 0 saturated heterocycles. The first-order valence-electron chi connectivity index (χ1n) is 3.92. The Kier molecular flexibility index (Phi) is 11.0. The molecule has 0 heterocycles. The Hall–Kier alpha value is 1.27. The monoisotopic (exact) mass is 218 g/mol. The summed E-state index contributed by atoms with van der Waals surface area (Å²) in [7, 11) is -1.71. The van der Waals surface area contributed by atoms with Crippen LogP contribution in [-0.4, -0.2) is 25.9 Å². The summed E-state index contributed by atoms with van der Waals surface area (Å²) in [6.45, 7) is 7.63. The molecular formula is C7H16NaO4P. The second-order valence-corrected chi connectivity index (χ2v) is 3.32. The maximum absolute atomic E-state index is 10.8. The van der Waals surface area contributed by atoms with Crippen LogP contribution in [0.3, 0.4) is 0 Å². The molecule has 74 valence electrons. The second-order valence-electron chi connectivity index (χ2n) is 2.26. The molecule has 0 radical (unpaired) electrons. The van der Waals surface area contributed by atoms with Gasteiger partial charge in [0.15, 0.2) is 0 Å². The largest absolute Gasteiger partial charge is 1.00 e. The molecule has 0 aliphatic heterocycles. The Morgan fingerprint density at radius 1 is 1.23 bits per heavy atom. The fourth-order valence-corrected chi connectivity index (χ4v) is 1.42. The molecule has 1 atom stereocenters. The summed E-state index contributed by atoms with van der Waals surface area (Å²) in [5, 5.41) is 0. The van der Waals surface area contributed by atoms with Crippen molar-refractivity contribution in [2.45, 2.75) is 26.7 Å². The summed E-state index contributed by atoms with van der Waals surface area (Å²) in [6, 6.07) is 0. The average Bonchev–Trinajstić information content (AvgIpc) is 1.85. The van der Waals surface area contributed by atoms with Gasteiger partial charge in [-0.3, -0.25) is 0 Å². The van der Waals surface area contributed by atoms with Gasteiger partial charge in [0.2, 0.25) is 0 Å². The SMILES string of the molecule is CCOC(C)(OCC)OP(C)[O-].[Na+].